The Labute approximate surface area is 225 Å². The van der Waals surface area contributed by atoms with Gasteiger partial charge in [0.2, 0.25) is 0 Å². The van der Waals surface area contributed by atoms with Gasteiger partial charge in [0.15, 0.2) is 11.6 Å². The number of carbonyl (C=O) groups excluding carboxylic acids is 1. The predicted octanol–water partition coefficient (Wildman–Crippen LogP) is 4.68. The number of benzene rings is 2. The van der Waals surface area contributed by atoms with Gasteiger partial charge in [-0.2, -0.15) is 0 Å². The van der Waals surface area contributed by atoms with E-state index in [1.807, 2.05) is 6.07 Å². The lowest BCUT2D eigenvalue weighted by Gasteiger charge is -2.33. The maximum Gasteiger partial charge on any atom is 0.259 e. The third kappa shape index (κ3) is 5.43. The van der Waals surface area contributed by atoms with Gasteiger partial charge in [-0.25, -0.2) is 13.8 Å². The van der Waals surface area contributed by atoms with Crippen LogP contribution in [0.2, 0.25) is 0 Å². The molecular weight excluding hydrogens is 502 g/mol. The van der Waals surface area contributed by atoms with E-state index in [0.717, 1.165) is 44.8 Å². The van der Waals surface area contributed by atoms with Crippen molar-refractivity contribution in [2.75, 3.05) is 45.2 Å². The number of methoxy groups -OCH3 is 1. The van der Waals surface area contributed by atoms with Crippen LogP contribution >= 0.6 is 0 Å². The molecule has 2 aromatic heterocycles. The summed E-state index contributed by atoms with van der Waals surface area (Å²) in [5.74, 6) is -1.72. The van der Waals surface area contributed by atoms with Crippen molar-refractivity contribution < 1.29 is 18.3 Å². The Morgan fingerprint density at radius 2 is 1.69 bits per heavy atom. The largest absolute Gasteiger partial charge is 0.494 e. The Hall–Kier alpha value is -4.02. The Bertz CT molecular complexity index is 1500. The van der Waals surface area contributed by atoms with Crippen molar-refractivity contribution in [3.05, 3.63) is 77.2 Å². The molecular formula is C29H30F2N6O2. The van der Waals surface area contributed by atoms with E-state index in [1.165, 1.54) is 44.6 Å². The number of halogens is 2. The molecule has 39 heavy (non-hydrogen) atoms. The predicted molar refractivity (Wildman–Crippen MR) is 146 cm³/mol. The molecule has 5 rings (SSSR count). The highest BCUT2D eigenvalue weighted by molar-refractivity contribution is 6.13. The zero-order valence-corrected chi connectivity index (χ0v) is 22.2. The maximum atomic E-state index is 15.2. The van der Waals surface area contributed by atoms with E-state index in [1.54, 1.807) is 12.3 Å². The van der Waals surface area contributed by atoms with E-state index in [4.69, 9.17) is 4.74 Å². The van der Waals surface area contributed by atoms with Crippen molar-refractivity contribution in [1.29, 1.82) is 0 Å². The fourth-order valence-corrected chi connectivity index (χ4v) is 4.86. The summed E-state index contributed by atoms with van der Waals surface area (Å²) in [5, 5.41) is 2.80. The normalized spacial score (nSPS) is 14.5. The first-order valence-corrected chi connectivity index (χ1v) is 12.9. The van der Waals surface area contributed by atoms with Crippen LogP contribution in [0.15, 0.2) is 48.9 Å². The van der Waals surface area contributed by atoms with E-state index in [9.17, 15) is 4.79 Å². The number of pyridine rings is 1. The van der Waals surface area contributed by atoms with Gasteiger partial charge in [0.25, 0.3) is 5.91 Å². The summed E-state index contributed by atoms with van der Waals surface area (Å²) in [6, 6.07) is 7.98. The highest BCUT2D eigenvalue weighted by atomic mass is 19.1. The molecule has 1 aliphatic rings. The van der Waals surface area contributed by atoms with Gasteiger partial charge in [-0.1, -0.05) is 19.1 Å². The third-order valence-corrected chi connectivity index (χ3v) is 7.09. The molecule has 0 radical (unpaired) electrons. The molecule has 1 saturated heterocycles. The molecule has 1 fully saturated rings. The molecule has 10 heteroatoms. The summed E-state index contributed by atoms with van der Waals surface area (Å²) in [5.41, 5.74) is 1.81. The molecule has 8 nitrogen and oxygen atoms in total. The lowest BCUT2D eigenvalue weighted by molar-refractivity contribution is 0.102. The molecule has 202 valence electrons. The minimum Gasteiger partial charge on any atom is -0.494 e. The second-order valence-corrected chi connectivity index (χ2v) is 9.53. The summed E-state index contributed by atoms with van der Waals surface area (Å²) in [4.78, 5) is 31.1. The fourth-order valence-electron chi connectivity index (χ4n) is 4.86. The molecule has 1 N–H and O–H groups in total. The van der Waals surface area contributed by atoms with Crippen molar-refractivity contribution in [3.8, 4) is 16.9 Å². The summed E-state index contributed by atoms with van der Waals surface area (Å²) < 4.78 is 35.4. The number of hydrogen-bond donors (Lipinski definition) is 1. The van der Waals surface area contributed by atoms with Crippen LogP contribution in [0, 0.1) is 18.6 Å². The van der Waals surface area contributed by atoms with Gasteiger partial charge in [0, 0.05) is 56.9 Å². The average Bonchev–Trinajstić information content (AvgIpc) is 2.96. The molecule has 0 spiro atoms. The minimum atomic E-state index is -0.846. The summed E-state index contributed by atoms with van der Waals surface area (Å²) >= 11 is 0. The number of nitrogens with zero attached hydrogens (tertiary/aromatic N) is 5. The molecule has 0 aliphatic carbocycles. The topological polar surface area (TPSA) is 83.5 Å². The molecule has 0 atom stereocenters. The second-order valence-electron chi connectivity index (χ2n) is 9.53. The minimum absolute atomic E-state index is 0.0829. The molecule has 1 aliphatic heterocycles. The van der Waals surface area contributed by atoms with Gasteiger partial charge >= 0.3 is 0 Å². The molecule has 2 aromatic carbocycles. The van der Waals surface area contributed by atoms with Crippen LogP contribution in [0.1, 0.15) is 28.4 Å². The van der Waals surface area contributed by atoms with E-state index >= 15 is 8.78 Å². The second kappa shape index (κ2) is 11.4. The van der Waals surface area contributed by atoms with E-state index in [2.05, 4.69) is 37.0 Å². The number of amides is 1. The first-order valence-electron chi connectivity index (χ1n) is 12.9. The quantitative estimate of drug-likeness (QED) is 0.370. The Morgan fingerprint density at radius 3 is 2.36 bits per heavy atom. The molecule has 0 saturated carbocycles. The SMILES string of the molecule is CCN1CCN(Cc2ccc(NC(=O)c3ccc(-c4c(F)c(C)cc(OC)c4F)c4nccnc34)nc2)CC1. The Morgan fingerprint density at radius 1 is 0.974 bits per heavy atom. The molecule has 1 amide bonds. The number of piperazine rings is 1. The van der Waals surface area contributed by atoms with Crippen molar-refractivity contribution >= 4 is 22.8 Å². The van der Waals surface area contributed by atoms with Gasteiger partial charge in [-0.15, -0.1) is 0 Å². The number of hydrogen-bond acceptors (Lipinski definition) is 7. The van der Waals surface area contributed by atoms with Gasteiger partial charge in [0.1, 0.15) is 17.2 Å². The number of anilines is 1. The Balaban J connectivity index is 1.38. The van der Waals surface area contributed by atoms with Gasteiger partial charge in [0.05, 0.1) is 23.8 Å². The number of aromatic nitrogens is 3. The zero-order valence-electron chi connectivity index (χ0n) is 22.2. The van der Waals surface area contributed by atoms with E-state index in [-0.39, 0.29) is 39.0 Å². The highest BCUT2D eigenvalue weighted by Gasteiger charge is 2.24. The lowest BCUT2D eigenvalue weighted by atomic mass is 9.97. The van der Waals surface area contributed by atoms with E-state index < -0.39 is 17.5 Å². The molecule has 0 unspecified atom stereocenters. The standard InChI is InChI=1S/C29H30F2N6O2/c1-4-36-11-13-37(14-12-36)17-19-5-8-23(34-16-19)35-29(38)21-7-6-20(27-28(21)33-10-9-32-27)24-25(30)18(2)15-22(39-3)26(24)31/h5-10,15-16H,4,11-14,17H2,1-3H3,(H,34,35,38). The van der Waals surface area contributed by atoms with Crippen molar-refractivity contribution in [2.45, 2.75) is 20.4 Å². The van der Waals surface area contributed by atoms with Gasteiger partial charge in [-0.05, 0) is 42.8 Å². The van der Waals surface area contributed by atoms with Crippen LogP contribution in [-0.2, 0) is 6.54 Å². The van der Waals surface area contributed by atoms with E-state index in [0.29, 0.717) is 5.82 Å². The highest BCUT2D eigenvalue weighted by Crippen LogP contribution is 2.37. The van der Waals surface area contributed by atoms with Crippen molar-refractivity contribution in [1.82, 2.24) is 24.8 Å². The lowest BCUT2D eigenvalue weighted by Crippen LogP contribution is -2.45. The fraction of sp³-hybridized carbons (Fsp3) is 0.310. The first kappa shape index (κ1) is 26.6. The molecule has 3 heterocycles. The van der Waals surface area contributed by atoms with Crippen LogP contribution in [-0.4, -0.2) is 70.5 Å². The zero-order chi connectivity index (χ0) is 27.5. The number of nitrogens with one attached hydrogen (secondary N) is 1. The van der Waals surface area contributed by atoms with Gasteiger partial charge in [-0.3, -0.25) is 19.7 Å². The summed E-state index contributed by atoms with van der Waals surface area (Å²) in [7, 11) is 1.32. The van der Waals surface area contributed by atoms with Crippen LogP contribution in [0.4, 0.5) is 14.6 Å². The molecule has 0 bridgehead atoms. The number of ether oxygens (including phenoxy) is 1. The number of aryl methyl sites for hydroxylation is 1. The molecule has 4 aromatic rings. The Kier molecular flexibility index (Phi) is 7.76. The smallest absolute Gasteiger partial charge is 0.259 e. The summed E-state index contributed by atoms with van der Waals surface area (Å²) in [6.45, 7) is 9.73. The van der Waals surface area contributed by atoms with Crippen LogP contribution < -0.4 is 10.1 Å². The third-order valence-electron chi connectivity index (χ3n) is 7.09. The van der Waals surface area contributed by atoms with Gasteiger partial charge < -0.3 is 15.0 Å². The monoisotopic (exact) mass is 532 g/mol. The number of fused-ring (bicyclic) bond motifs is 1. The number of rotatable bonds is 7. The number of carbonyl (C=O) groups is 1. The maximum absolute atomic E-state index is 15.2. The summed E-state index contributed by atoms with van der Waals surface area (Å²) in [6.07, 6.45) is 4.61. The van der Waals surface area contributed by atoms with Crippen LogP contribution in [0.25, 0.3) is 22.2 Å². The van der Waals surface area contributed by atoms with Crippen LogP contribution in [0.3, 0.4) is 0 Å². The van der Waals surface area contributed by atoms with Crippen molar-refractivity contribution in [3.63, 3.8) is 0 Å². The van der Waals surface area contributed by atoms with Crippen LogP contribution in [0.5, 0.6) is 5.75 Å². The number of likely N-dealkylation sites (N-methyl/N-ethyl adjacent to an activating group) is 1. The average molecular weight is 533 g/mol. The van der Waals surface area contributed by atoms with Crippen molar-refractivity contribution in [2.24, 2.45) is 0 Å². The first-order chi connectivity index (χ1) is 18.9.